The second kappa shape index (κ2) is 9.05. The van der Waals surface area contributed by atoms with E-state index in [2.05, 4.69) is 10.6 Å². The molecule has 7 nitrogen and oxygen atoms in total. The molecule has 0 bridgehead atoms. The van der Waals surface area contributed by atoms with E-state index < -0.39 is 35.1 Å². The van der Waals surface area contributed by atoms with Gasteiger partial charge in [0.05, 0.1) is 11.3 Å². The summed E-state index contributed by atoms with van der Waals surface area (Å²) in [6, 6.07) is 8.58. The number of amidine groups is 1. The number of nitrogens with one attached hydrogen (secondary N) is 3. The van der Waals surface area contributed by atoms with Gasteiger partial charge < -0.3 is 21.1 Å². The highest BCUT2D eigenvalue weighted by Crippen LogP contribution is 2.28. The van der Waals surface area contributed by atoms with Crippen molar-refractivity contribution in [3.05, 3.63) is 64.7 Å². The molecule has 0 unspecified atom stereocenters. The van der Waals surface area contributed by atoms with Crippen molar-refractivity contribution < 1.29 is 23.1 Å². The van der Waals surface area contributed by atoms with Gasteiger partial charge in [-0.05, 0) is 17.7 Å². The van der Waals surface area contributed by atoms with Crippen LogP contribution in [0.4, 0.5) is 14.5 Å². The molecule has 0 heterocycles. The quantitative estimate of drug-likeness (QED) is 0.428. The van der Waals surface area contributed by atoms with Gasteiger partial charge in [0.15, 0.2) is 11.9 Å². The first-order chi connectivity index (χ1) is 13.2. The van der Waals surface area contributed by atoms with E-state index in [0.29, 0.717) is 11.1 Å². The number of anilines is 1. The van der Waals surface area contributed by atoms with Gasteiger partial charge in [0.25, 0.3) is 5.91 Å². The van der Waals surface area contributed by atoms with Crippen molar-refractivity contribution in [2.24, 2.45) is 5.73 Å². The van der Waals surface area contributed by atoms with E-state index in [-0.39, 0.29) is 18.1 Å². The molecule has 0 radical (unpaired) electrons. The lowest BCUT2D eigenvalue weighted by molar-refractivity contribution is -0.131. The molecule has 148 valence electrons. The number of nitrogen functional groups attached to an aromatic ring is 1. The van der Waals surface area contributed by atoms with Gasteiger partial charge in [-0.1, -0.05) is 24.3 Å². The topological polar surface area (TPSA) is 117 Å². The number of amides is 2. The molecular formula is C19H20F2N4O3. The smallest absolute Gasteiger partial charge is 0.254 e. The van der Waals surface area contributed by atoms with Crippen LogP contribution in [0, 0.1) is 17.0 Å². The number of hydrogen-bond donors (Lipinski definition) is 4. The second-order valence-corrected chi connectivity index (χ2v) is 5.95. The molecular weight excluding hydrogens is 370 g/mol. The average Bonchev–Trinajstić information content (AvgIpc) is 2.65. The molecule has 0 saturated carbocycles. The highest BCUT2D eigenvalue weighted by Gasteiger charge is 2.28. The van der Waals surface area contributed by atoms with Crippen molar-refractivity contribution in [2.45, 2.75) is 19.6 Å². The molecule has 5 N–H and O–H groups in total. The highest BCUT2D eigenvalue weighted by molar-refractivity contribution is 5.94. The van der Waals surface area contributed by atoms with E-state index in [4.69, 9.17) is 15.9 Å². The molecule has 2 aromatic carbocycles. The SMILES string of the molecule is CO[C@H](C(=O)NCc1ccc(C(=N)N)cc1)c1c(F)ccc(NC(C)=O)c1F. The molecule has 2 rings (SSSR count). The van der Waals surface area contributed by atoms with Gasteiger partial charge in [-0.25, -0.2) is 8.78 Å². The molecule has 0 saturated heterocycles. The molecule has 0 spiro atoms. The highest BCUT2D eigenvalue weighted by atomic mass is 19.1. The van der Waals surface area contributed by atoms with Crippen LogP contribution in [-0.4, -0.2) is 24.8 Å². The van der Waals surface area contributed by atoms with Crippen molar-refractivity contribution in [3.8, 4) is 0 Å². The summed E-state index contributed by atoms with van der Waals surface area (Å²) in [5, 5.41) is 12.1. The maximum absolute atomic E-state index is 14.6. The van der Waals surface area contributed by atoms with Gasteiger partial charge in [-0.3, -0.25) is 15.0 Å². The minimum absolute atomic E-state index is 0.0749. The Morgan fingerprint density at radius 3 is 2.36 bits per heavy atom. The zero-order chi connectivity index (χ0) is 20.8. The Kier molecular flexibility index (Phi) is 6.78. The van der Waals surface area contributed by atoms with Crippen LogP contribution in [0.2, 0.25) is 0 Å². The van der Waals surface area contributed by atoms with E-state index in [1.165, 1.54) is 6.92 Å². The fourth-order valence-corrected chi connectivity index (χ4v) is 2.54. The van der Waals surface area contributed by atoms with Crippen LogP contribution < -0.4 is 16.4 Å². The van der Waals surface area contributed by atoms with Crippen molar-refractivity contribution in [3.63, 3.8) is 0 Å². The molecule has 0 aliphatic carbocycles. The molecule has 9 heteroatoms. The van der Waals surface area contributed by atoms with E-state index >= 15 is 0 Å². The molecule has 0 aromatic heterocycles. The van der Waals surface area contributed by atoms with Crippen LogP contribution >= 0.6 is 0 Å². The number of nitrogens with two attached hydrogens (primary N) is 1. The number of carbonyl (C=O) groups is 2. The summed E-state index contributed by atoms with van der Waals surface area (Å²) in [5.41, 5.74) is 5.76. The fraction of sp³-hybridized carbons (Fsp3) is 0.211. The van der Waals surface area contributed by atoms with E-state index in [9.17, 15) is 18.4 Å². The third-order valence-electron chi connectivity index (χ3n) is 3.90. The van der Waals surface area contributed by atoms with Crippen molar-refractivity contribution in [2.75, 3.05) is 12.4 Å². The zero-order valence-corrected chi connectivity index (χ0v) is 15.3. The summed E-state index contributed by atoms with van der Waals surface area (Å²) >= 11 is 0. The van der Waals surface area contributed by atoms with Gasteiger partial charge in [-0.15, -0.1) is 0 Å². The lowest BCUT2D eigenvalue weighted by atomic mass is 10.1. The third-order valence-corrected chi connectivity index (χ3v) is 3.90. The first-order valence-corrected chi connectivity index (χ1v) is 8.24. The summed E-state index contributed by atoms with van der Waals surface area (Å²) < 4.78 is 33.8. The monoisotopic (exact) mass is 390 g/mol. The van der Waals surface area contributed by atoms with Crippen molar-refractivity contribution in [1.82, 2.24) is 5.32 Å². The lowest BCUT2D eigenvalue weighted by Gasteiger charge is -2.18. The first kappa shape index (κ1) is 21.0. The molecule has 0 aliphatic heterocycles. The minimum Gasteiger partial charge on any atom is -0.384 e. The van der Waals surface area contributed by atoms with Crippen LogP contribution in [0.1, 0.15) is 29.7 Å². The van der Waals surface area contributed by atoms with Crippen LogP contribution in [0.3, 0.4) is 0 Å². The van der Waals surface area contributed by atoms with Crippen molar-refractivity contribution >= 4 is 23.3 Å². The number of benzene rings is 2. The van der Waals surface area contributed by atoms with Crippen LogP contribution in [0.5, 0.6) is 0 Å². The van der Waals surface area contributed by atoms with Crippen LogP contribution in [0.15, 0.2) is 36.4 Å². The summed E-state index contributed by atoms with van der Waals surface area (Å²) in [7, 11) is 1.15. The Morgan fingerprint density at radius 1 is 1.18 bits per heavy atom. The molecule has 0 aliphatic rings. The van der Waals surface area contributed by atoms with Gasteiger partial charge in [0.2, 0.25) is 5.91 Å². The largest absolute Gasteiger partial charge is 0.384 e. The summed E-state index contributed by atoms with van der Waals surface area (Å²) in [5.74, 6) is -3.43. The maximum Gasteiger partial charge on any atom is 0.254 e. The Hall–Kier alpha value is -3.33. The molecule has 28 heavy (non-hydrogen) atoms. The van der Waals surface area contributed by atoms with E-state index in [1.54, 1.807) is 24.3 Å². The maximum atomic E-state index is 14.6. The van der Waals surface area contributed by atoms with Gasteiger partial charge in [-0.2, -0.15) is 0 Å². The van der Waals surface area contributed by atoms with Gasteiger partial charge in [0, 0.05) is 26.1 Å². The third kappa shape index (κ3) is 4.89. The zero-order valence-electron chi connectivity index (χ0n) is 15.3. The Balaban J connectivity index is 2.19. The molecule has 0 fully saturated rings. The van der Waals surface area contributed by atoms with E-state index in [0.717, 1.165) is 19.2 Å². The van der Waals surface area contributed by atoms with Crippen molar-refractivity contribution in [1.29, 1.82) is 5.41 Å². The molecule has 2 aromatic rings. The second-order valence-electron chi connectivity index (χ2n) is 5.95. The number of rotatable bonds is 7. The van der Waals surface area contributed by atoms with Crippen LogP contribution in [-0.2, 0) is 20.9 Å². The van der Waals surface area contributed by atoms with Crippen LogP contribution in [0.25, 0.3) is 0 Å². The lowest BCUT2D eigenvalue weighted by Crippen LogP contribution is -2.31. The first-order valence-electron chi connectivity index (χ1n) is 8.24. The molecule has 2 amide bonds. The predicted octanol–water partition coefficient (Wildman–Crippen LogP) is 2.21. The number of carbonyl (C=O) groups excluding carboxylic acids is 2. The Bertz CT molecular complexity index is 901. The van der Waals surface area contributed by atoms with Gasteiger partial charge >= 0.3 is 0 Å². The average molecular weight is 390 g/mol. The number of hydrogen-bond acceptors (Lipinski definition) is 4. The van der Waals surface area contributed by atoms with Gasteiger partial charge in [0.1, 0.15) is 11.7 Å². The number of halogens is 2. The minimum atomic E-state index is -1.55. The number of ether oxygens (including phenoxy) is 1. The Labute approximate surface area is 160 Å². The van der Waals surface area contributed by atoms with E-state index in [1.807, 2.05) is 0 Å². The summed E-state index contributed by atoms with van der Waals surface area (Å²) in [6.45, 7) is 1.26. The normalized spacial score (nSPS) is 11.6. The number of methoxy groups -OCH3 is 1. The summed E-state index contributed by atoms with van der Waals surface area (Å²) in [6.07, 6.45) is -1.55. The molecule has 1 atom stereocenters. The predicted molar refractivity (Wildman–Crippen MR) is 99.7 cm³/mol. The fourth-order valence-electron chi connectivity index (χ4n) is 2.54. The Morgan fingerprint density at radius 2 is 1.82 bits per heavy atom. The standard InChI is InChI=1S/C19H20F2N4O3/c1-10(26)25-14-8-7-13(20)15(16(14)21)17(28-2)19(27)24-9-11-3-5-12(6-4-11)18(22)23/h3-8,17H,9H2,1-2H3,(H3,22,23)(H,24,27)(H,25,26)/t17-/m0/s1. The summed E-state index contributed by atoms with van der Waals surface area (Å²) in [4.78, 5) is 23.6.